The fourth-order valence-corrected chi connectivity index (χ4v) is 4.82. The lowest BCUT2D eigenvalue weighted by molar-refractivity contribution is -0.143. The Bertz CT molecular complexity index is 1330. The number of hydrogen-bond donors (Lipinski definition) is 0. The number of amides is 1. The second-order valence-electron chi connectivity index (χ2n) is 7.32. The van der Waals surface area contributed by atoms with Crippen LogP contribution in [0.4, 0.5) is 5.69 Å². The second kappa shape index (κ2) is 9.75. The number of anilines is 1. The molecule has 2 unspecified atom stereocenters. The molecule has 6 nitrogen and oxygen atoms in total. The molecule has 0 radical (unpaired) electrons. The smallest absolute Gasteiger partial charge is 0.333 e. The first-order valence-corrected chi connectivity index (χ1v) is 11.8. The zero-order valence-electron chi connectivity index (χ0n) is 18.2. The maximum absolute atomic E-state index is 13.1. The summed E-state index contributed by atoms with van der Waals surface area (Å²) < 4.78 is 18.2. The maximum atomic E-state index is 13.1. The van der Waals surface area contributed by atoms with Gasteiger partial charge in [-0.05, 0) is 11.6 Å². The number of aromatic nitrogens is 1. The van der Waals surface area contributed by atoms with E-state index in [0.717, 1.165) is 5.56 Å². The molecule has 0 saturated heterocycles. The molecule has 1 amide bonds. The Balaban J connectivity index is 2.10. The summed E-state index contributed by atoms with van der Waals surface area (Å²) >= 11 is 0. The van der Waals surface area contributed by atoms with E-state index in [1.54, 1.807) is 36.6 Å². The maximum Gasteiger partial charge on any atom is 0.333 e. The van der Waals surface area contributed by atoms with Gasteiger partial charge in [-0.2, -0.15) is 0 Å². The van der Waals surface area contributed by atoms with E-state index in [2.05, 4.69) is 0 Å². The molecule has 0 N–H and O–H groups in total. The lowest BCUT2D eigenvalue weighted by Crippen LogP contribution is -2.35. The molecular weight excluding hydrogens is 436 g/mol. The molecule has 0 fully saturated rings. The average Bonchev–Trinajstić information content (AvgIpc) is 2.86. The summed E-state index contributed by atoms with van der Waals surface area (Å²) in [6.45, 7) is 0. The lowest BCUT2D eigenvalue weighted by Gasteiger charge is -2.30. The number of ether oxygens (including phenoxy) is 1. The molecule has 0 aliphatic carbocycles. The van der Waals surface area contributed by atoms with E-state index in [1.165, 1.54) is 12.0 Å². The average molecular weight is 459 g/mol. The third kappa shape index (κ3) is 4.27. The van der Waals surface area contributed by atoms with Crippen LogP contribution in [-0.2, 0) is 25.1 Å². The molecule has 0 aliphatic heterocycles. The van der Waals surface area contributed by atoms with Gasteiger partial charge in [0.2, 0.25) is 6.41 Å². The summed E-state index contributed by atoms with van der Waals surface area (Å²) in [5.41, 5.74) is 2.81. The van der Waals surface area contributed by atoms with Crippen LogP contribution < -0.4 is 4.90 Å². The summed E-state index contributed by atoms with van der Waals surface area (Å²) in [5.74, 6) is -0.608. The minimum Gasteiger partial charge on any atom is -0.467 e. The van der Waals surface area contributed by atoms with Gasteiger partial charge in [-0.25, -0.2) is 9.78 Å². The van der Waals surface area contributed by atoms with E-state index in [1.807, 2.05) is 54.6 Å². The van der Waals surface area contributed by atoms with Crippen LogP contribution in [-0.4, -0.2) is 34.9 Å². The van der Waals surface area contributed by atoms with Crippen molar-refractivity contribution in [1.82, 2.24) is 4.98 Å². The van der Waals surface area contributed by atoms with Crippen LogP contribution in [0.25, 0.3) is 22.2 Å². The molecule has 3 aromatic carbocycles. The van der Waals surface area contributed by atoms with Crippen LogP contribution >= 0.6 is 0 Å². The van der Waals surface area contributed by atoms with Crippen molar-refractivity contribution >= 4 is 39.8 Å². The summed E-state index contributed by atoms with van der Waals surface area (Å²) in [6.07, 6.45) is 2.13. The number of benzene rings is 3. The van der Waals surface area contributed by atoms with Crippen molar-refractivity contribution in [2.75, 3.05) is 18.3 Å². The molecule has 0 spiro atoms. The van der Waals surface area contributed by atoms with Gasteiger partial charge in [-0.1, -0.05) is 78.9 Å². The highest BCUT2D eigenvalue weighted by Crippen LogP contribution is 2.41. The number of esters is 1. The van der Waals surface area contributed by atoms with Gasteiger partial charge in [-0.15, -0.1) is 0 Å². The van der Waals surface area contributed by atoms with Gasteiger partial charge in [0.25, 0.3) is 0 Å². The summed E-state index contributed by atoms with van der Waals surface area (Å²) in [6, 6.07) is 24.5. The molecule has 4 rings (SSSR count). The standard InChI is InChI=1S/C26H22N2O4S/c1-32-26(30)23(19-13-7-4-8-14-19)28(17-29)24-20-15-9-10-16-21(20)27-22(25(24)33(2)31)18-11-5-3-6-12-18/h3-17,23H,1-2H3. The van der Waals surface area contributed by atoms with Crippen LogP contribution in [0.5, 0.6) is 0 Å². The third-order valence-corrected chi connectivity index (χ3v) is 6.31. The number of rotatable bonds is 7. The first kappa shape index (κ1) is 22.4. The van der Waals surface area contributed by atoms with Crippen molar-refractivity contribution in [3.8, 4) is 11.3 Å². The number of fused-ring (bicyclic) bond motifs is 1. The van der Waals surface area contributed by atoms with Crippen molar-refractivity contribution < 1.29 is 18.5 Å². The number of methoxy groups -OCH3 is 1. The minimum absolute atomic E-state index is 0.370. The highest BCUT2D eigenvalue weighted by atomic mass is 32.2. The Hall–Kier alpha value is -3.84. The number of para-hydroxylation sites is 1. The lowest BCUT2D eigenvalue weighted by atomic mass is 10.0. The topological polar surface area (TPSA) is 76.6 Å². The Kier molecular flexibility index (Phi) is 6.60. The van der Waals surface area contributed by atoms with Crippen LogP contribution in [0.15, 0.2) is 89.8 Å². The SMILES string of the molecule is COC(=O)C(c1ccccc1)N(C=O)c1c(S(C)=O)c(-c2ccccc2)nc2ccccc12. The fraction of sp³-hybridized carbons (Fsp3) is 0.115. The largest absolute Gasteiger partial charge is 0.467 e. The van der Waals surface area contributed by atoms with E-state index < -0.39 is 22.8 Å². The minimum atomic E-state index is -1.53. The van der Waals surface area contributed by atoms with Gasteiger partial charge in [0, 0.05) is 17.2 Å². The zero-order chi connectivity index (χ0) is 23.4. The third-order valence-electron chi connectivity index (χ3n) is 5.35. The Morgan fingerprint density at radius 3 is 2.18 bits per heavy atom. The van der Waals surface area contributed by atoms with E-state index in [9.17, 15) is 13.8 Å². The monoisotopic (exact) mass is 458 g/mol. The van der Waals surface area contributed by atoms with Crippen molar-refractivity contribution in [3.05, 3.63) is 90.5 Å². The van der Waals surface area contributed by atoms with Crippen molar-refractivity contribution in [2.45, 2.75) is 10.9 Å². The summed E-state index contributed by atoms with van der Waals surface area (Å²) in [5, 5.41) is 0.610. The zero-order valence-corrected chi connectivity index (χ0v) is 19.0. The van der Waals surface area contributed by atoms with E-state index in [0.29, 0.717) is 39.2 Å². The molecule has 0 aliphatic rings. The van der Waals surface area contributed by atoms with Gasteiger partial charge < -0.3 is 4.74 Å². The highest BCUT2D eigenvalue weighted by Gasteiger charge is 2.33. The normalized spacial score (nSPS) is 12.7. The van der Waals surface area contributed by atoms with E-state index >= 15 is 0 Å². The van der Waals surface area contributed by atoms with Crippen LogP contribution in [0.1, 0.15) is 11.6 Å². The Labute approximate surface area is 194 Å². The molecule has 2 atom stereocenters. The number of pyridine rings is 1. The molecule has 166 valence electrons. The molecule has 0 saturated carbocycles. The predicted molar refractivity (Wildman–Crippen MR) is 129 cm³/mol. The fourth-order valence-electron chi connectivity index (χ4n) is 3.90. The molecule has 4 aromatic rings. The van der Waals surface area contributed by atoms with Gasteiger partial charge in [0.1, 0.15) is 0 Å². The van der Waals surface area contributed by atoms with Gasteiger partial charge >= 0.3 is 5.97 Å². The molecular formula is C26H22N2O4S. The number of carbonyl (C=O) groups excluding carboxylic acids is 2. The van der Waals surface area contributed by atoms with Crippen molar-refractivity contribution in [3.63, 3.8) is 0 Å². The first-order valence-electron chi connectivity index (χ1n) is 10.2. The van der Waals surface area contributed by atoms with Gasteiger partial charge in [0.05, 0.1) is 39.7 Å². The Morgan fingerprint density at radius 2 is 1.58 bits per heavy atom. The van der Waals surface area contributed by atoms with Crippen molar-refractivity contribution in [1.29, 1.82) is 0 Å². The second-order valence-corrected chi connectivity index (χ2v) is 8.64. The van der Waals surface area contributed by atoms with Crippen molar-refractivity contribution in [2.24, 2.45) is 0 Å². The highest BCUT2D eigenvalue weighted by molar-refractivity contribution is 7.84. The van der Waals surface area contributed by atoms with Gasteiger partial charge in [0.15, 0.2) is 6.04 Å². The molecule has 7 heteroatoms. The predicted octanol–water partition coefficient (Wildman–Crippen LogP) is 4.52. The number of nitrogens with zero attached hydrogens (tertiary/aromatic N) is 2. The molecule has 33 heavy (non-hydrogen) atoms. The van der Waals surface area contributed by atoms with E-state index in [-0.39, 0.29) is 0 Å². The van der Waals surface area contributed by atoms with Crippen LogP contribution in [0.3, 0.4) is 0 Å². The van der Waals surface area contributed by atoms with Crippen LogP contribution in [0.2, 0.25) is 0 Å². The molecule has 1 heterocycles. The van der Waals surface area contributed by atoms with Gasteiger partial charge in [-0.3, -0.25) is 13.9 Å². The number of hydrogen-bond acceptors (Lipinski definition) is 5. The molecule has 1 aromatic heterocycles. The number of carbonyl (C=O) groups is 2. The van der Waals surface area contributed by atoms with Crippen LogP contribution in [0, 0.1) is 0 Å². The molecule has 0 bridgehead atoms. The Morgan fingerprint density at radius 1 is 0.970 bits per heavy atom. The first-order chi connectivity index (χ1) is 16.1. The summed E-state index contributed by atoms with van der Waals surface area (Å²) in [4.78, 5) is 32.0. The summed E-state index contributed by atoms with van der Waals surface area (Å²) in [7, 11) is -0.256. The van der Waals surface area contributed by atoms with E-state index in [4.69, 9.17) is 9.72 Å². The quantitative estimate of drug-likeness (QED) is 0.301.